The van der Waals surface area contributed by atoms with Crippen LogP contribution in [0.5, 0.6) is 0 Å². The van der Waals surface area contributed by atoms with E-state index >= 15 is 0 Å². The van der Waals surface area contributed by atoms with E-state index in [2.05, 4.69) is 24.4 Å². The third kappa shape index (κ3) is 21.3. The van der Waals surface area contributed by atoms with Crippen LogP contribution >= 0.6 is 0 Å². The third-order valence-corrected chi connectivity index (χ3v) is 4.96. The van der Waals surface area contributed by atoms with Gasteiger partial charge in [-0.1, -0.05) is 70.4 Å². The molecular formula is C23H46N2O2. The quantitative estimate of drug-likeness (QED) is 0.228. The first-order valence-corrected chi connectivity index (χ1v) is 11.4. The van der Waals surface area contributed by atoms with Crippen molar-refractivity contribution >= 4 is 5.91 Å². The Hall–Kier alpha value is -0.870. The first-order chi connectivity index (χ1) is 13.2. The summed E-state index contributed by atoms with van der Waals surface area (Å²) in [6.07, 6.45) is 22.0. The van der Waals surface area contributed by atoms with Crippen molar-refractivity contribution in [1.29, 1.82) is 0 Å². The second-order valence-electron chi connectivity index (χ2n) is 7.71. The molecule has 27 heavy (non-hydrogen) atoms. The van der Waals surface area contributed by atoms with Gasteiger partial charge < -0.3 is 15.3 Å². The van der Waals surface area contributed by atoms with Gasteiger partial charge in [-0.25, -0.2) is 0 Å². The van der Waals surface area contributed by atoms with Crippen LogP contribution in [0.1, 0.15) is 96.8 Å². The molecule has 1 amide bonds. The van der Waals surface area contributed by atoms with Gasteiger partial charge >= 0.3 is 0 Å². The molecule has 0 aliphatic heterocycles. The fourth-order valence-electron chi connectivity index (χ4n) is 3.11. The lowest BCUT2D eigenvalue weighted by Crippen LogP contribution is -2.34. The lowest BCUT2D eigenvalue weighted by atomic mass is 10.1. The average Bonchev–Trinajstić information content (AvgIpc) is 2.65. The van der Waals surface area contributed by atoms with Crippen molar-refractivity contribution in [1.82, 2.24) is 10.2 Å². The number of unbranched alkanes of at least 4 members (excludes halogenated alkanes) is 11. The Morgan fingerprint density at radius 1 is 0.852 bits per heavy atom. The fourth-order valence-corrected chi connectivity index (χ4v) is 3.11. The minimum absolute atomic E-state index is 0.157. The lowest BCUT2D eigenvalue weighted by molar-refractivity contribution is -0.121. The predicted octanol–water partition coefficient (Wildman–Crippen LogP) is 5.06. The Labute approximate surface area is 168 Å². The molecule has 0 aromatic heterocycles. The molecule has 4 nitrogen and oxygen atoms in total. The molecule has 0 unspecified atom stereocenters. The van der Waals surface area contributed by atoms with Gasteiger partial charge in [0.05, 0.1) is 6.61 Å². The molecule has 0 aliphatic rings. The molecule has 2 N–H and O–H groups in total. The van der Waals surface area contributed by atoms with Crippen LogP contribution < -0.4 is 5.32 Å². The molecule has 4 heteroatoms. The molecule has 0 atom stereocenters. The summed E-state index contributed by atoms with van der Waals surface area (Å²) in [5.41, 5.74) is 0. The molecule has 0 fully saturated rings. The number of carbonyl (C=O) groups is 1. The largest absolute Gasteiger partial charge is 0.395 e. The maximum absolute atomic E-state index is 11.7. The summed E-state index contributed by atoms with van der Waals surface area (Å²) in [6, 6.07) is 0. The number of allylic oxidation sites excluding steroid dienone is 2. The minimum atomic E-state index is 0.157. The van der Waals surface area contributed by atoms with Crippen LogP contribution in [0.3, 0.4) is 0 Å². The van der Waals surface area contributed by atoms with Crippen LogP contribution in [-0.4, -0.2) is 49.2 Å². The van der Waals surface area contributed by atoms with Gasteiger partial charge in [-0.2, -0.15) is 0 Å². The fraction of sp³-hybridized carbons (Fsp3) is 0.870. The number of amides is 1. The Kier molecular flexibility index (Phi) is 20.7. The molecule has 0 saturated carbocycles. The summed E-state index contributed by atoms with van der Waals surface area (Å²) in [6.45, 7) is 4.55. The smallest absolute Gasteiger partial charge is 0.220 e. The zero-order chi connectivity index (χ0) is 20.0. The molecule has 0 bridgehead atoms. The lowest BCUT2D eigenvalue weighted by Gasteiger charge is -2.15. The van der Waals surface area contributed by atoms with Crippen molar-refractivity contribution in [3.8, 4) is 0 Å². The van der Waals surface area contributed by atoms with Crippen molar-refractivity contribution in [3.63, 3.8) is 0 Å². The van der Waals surface area contributed by atoms with Crippen molar-refractivity contribution in [3.05, 3.63) is 12.2 Å². The van der Waals surface area contributed by atoms with Gasteiger partial charge in [0, 0.05) is 26.1 Å². The van der Waals surface area contributed by atoms with Gasteiger partial charge in [0.1, 0.15) is 0 Å². The Balaban J connectivity index is 3.25. The molecule has 0 radical (unpaired) electrons. The van der Waals surface area contributed by atoms with Gasteiger partial charge in [0.25, 0.3) is 0 Å². The van der Waals surface area contributed by atoms with E-state index in [-0.39, 0.29) is 12.5 Å². The monoisotopic (exact) mass is 382 g/mol. The normalized spacial score (nSPS) is 11.6. The van der Waals surface area contributed by atoms with E-state index in [1.54, 1.807) is 0 Å². The average molecular weight is 383 g/mol. The van der Waals surface area contributed by atoms with Crippen molar-refractivity contribution in [2.24, 2.45) is 0 Å². The number of carbonyl (C=O) groups excluding carboxylic acids is 1. The van der Waals surface area contributed by atoms with E-state index in [1.165, 1.54) is 70.6 Å². The van der Waals surface area contributed by atoms with Gasteiger partial charge in [-0.3, -0.25) is 4.79 Å². The summed E-state index contributed by atoms with van der Waals surface area (Å²) in [7, 11) is 1.95. The Bertz CT molecular complexity index is 345. The van der Waals surface area contributed by atoms with E-state index in [9.17, 15) is 4.79 Å². The molecular weight excluding hydrogens is 336 g/mol. The van der Waals surface area contributed by atoms with Crippen molar-refractivity contribution in [2.75, 3.05) is 33.3 Å². The van der Waals surface area contributed by atoms with Gasteiger partial charge in [-0.05, 0) is 39.2 Å². The van der Waals surface area contributed by atoms with Crippen LogP contribution in [0.4, 0.5) is 0 Å². The SMILES string of the molecule is CCCCCCCC/C=C\CCCCCCCC(=O)NCCN(C)CCO. The molecule has 0 spiro atoms. The van der Waals surface area contributed by atoms with E-state index in [0.717, 1.165) is 19.4 Å². The number of aliphatic hydroxyl groups is 1. The molecule has 0 saturated heterocycles. The van der Waals surface area contributed by atoms with Crippen LogP contribution in [0.2, 0.25) is 0 Å². The maximum Gasteiger partial charge on any atom is 0.220 e. The number of nitrogens with one attached hydrogen (secondary N) is 1. The Morgan fingerprint density at radius 2 is 1.41 bits per heavy atom. The standard InChI is InChI=1S/C23H46N2O2/c1-3-4-5-6-7-8-9-10-11-12-13-14-15-16-17-18-23(27)24-19-20-25(2)21-22-26/h10-11,26H,3-9,12-22H2,1-2H3,(H,24,27)/b11-10-. The van der Waals surface area contributed by atoms with Gasteiger partial charge in [0.15, 0.2) is 0 Å². The zero-order valence-corrected chi connectivity index (χ0v) is 18.2. The van der Waals surface area contributed by atoms with E-state index in [1.807, 2.05) is 11.9 Å². The minimum Gasteiger partial charge on any atom is -0.395 e. The third-order valence-electron chi connectivity index (χ3n) is 4.96. The second-order valence-corrected chi connectivity index (χ2v) is 7.71. The maximum atomic E-state index is 11.7. The molecule has 0 rings (SSSR count). The molecule has 0 heterocycles. The molecule has 0 aromatic rings. The number of aliphatic hydroxyl groups excluding tert-OH is 1. The van der Waals surface area contributed by atoms with Gasteiger partial charge in [-0.15, -0.1) is 0 Å². The number of hydrogen-bond acceptors (Lipinski definition) is 3. The van der Waals surface area contributed by atoms with Crippen molar-refractivity contribution in [2.45, 2.75) is 96.8 Å². The van der Waals surface area contributed by atoms with E-state index in [0.29, 0.717) is 19.5 Å². The molecule has 160 valence electrons. The first-order valence-electron chi connectivity index (χ1n) is 11.4. The highest BCUT2D eigenvalue weighted by molar-refractivity contribution is 5.75. The topological polar surface area (TPSA) is 52.6 Å². The summed E-state index contributed by atoms with van der Waals surface area (Å²) < 4.78 is 0. The van der Waals surface area contributed by atoms with Gasteiger partial charge in [0.2, 0.25) is 5.91 Å². The van der Waals surface area contributed by atoms with Crippen molar-refractivity contribution < 1.29 is 9.90 Å². The van der Waals surface area contributed by atoms with Crippen LogP contribution in [0.15, 0.2) is 12.2 Å². The number of hydrogen-bond donors (Lipinski definition) is 2. The number of likely N-dealkylation sites (N-methyl/N-ethyl adjacent to an activating group) is 1. The van der Waals surface area contributed by atoms with Crippen LogP contribution in [0, 0.1) is 0 Å². The summed E-state index contributed by atoms with van der Waals surface area (Å²) in [5.74, 6) is 0.157. The summed E-state index contributed by atoms with van der Waals surface area (Å²) in [4.78, 5) is 13.7. The summed E-state index contributed by atoms with van der Waals surface area (Å²) in [5, 5.41) is 11.8. The predicted molar refractivity (Wildman–Crippen MR) is 117 cm³/mol. The highest BCUT2D eigenvalue weighted by atomic mass is 16.3. The number of rotatable bonds is 20. The second kappa shape index (κ2) is 21.4. The highest BCUT2D eigenvalue weighted by Crippen LogP contribution is 2.09. The molecule has 0 aliphatic carbocycles. The summed E-state index contributed by atoms with van der Waals surface area (Å²) >= 11 is 0. The van der Waals surface area contributed by atoms with E-state index < -0.39 is 0 Å². The van der Waals surface area contributed by atoms with Crippen LogP contribution in [0.25, 0.3) is 0 Å². The zero-order valence-electron chi connectivity index (χ0n) is 18.2. The Morgan fingerprint density at radius 3 is 2.00 bits per heavy atom. The highest BCUT2D eigenvalue weighted by Gasteiger charge is 2.02. The first kappa shape index (κ1) is 26.1. The number of nitrogens with zero attached hydrogens (tertiary/aromatic N) is 1. The van der Waals surface area contributed by atoms with E-state index in [4.69, 9.17) is 5.11 Å². The van der Waals surface area contributed by atoms with Crippen LogP contribution in [-0.2, 0) is 4.79 Å². The molecule has 0 aromatic carbocycles.